The minimum atomic E-state index is -0.436. The van der Waals surface area contributed by atoms with Gasteiger partial charge in [0.05, 0.1) is 11.1 Å². The maximum Gasteiger partial charge on any atom is 0.256 e. The van der Waals surface area contributed by atoms with E-state index in [0.29, 0.717) is 5.56 Å². The maximum absolute atomic E-state index is 12.7. The Labute approximate surface area is 137 Å². The number of ketones is 2. The van der Waals surface area contributed by atoms with Crippen molar-refractivity contribution in [1.29, 1.82) is 0 Å². The highest BCUT2D eigenvalue weighted by Crippen LogP contribution is 2.27. The number of carbonyl (C=O) groups is 2. The predicted molar refractivity (Wildman–Crippen MR) is 88.3 cm³/mol. The quantitative estimate of drug-likeness (QED) is 0.585. The monoisotopic (exact) mass is 316 g/mol. The van der Waals surface area contributed by atoms with Gasteiger partial charge in [-0.15, -0.1) is 0 Å². The Balaban J connectivity index is 1.99. The number of aromatic nitrogens is 2. The van der Waals surface area contributed by atoms with Crippen molar-refractivity contribution in [3.63, 3.8) is 0 Å². The fourth-order valence-electron chi connectivity index (χ4n) is 3.00. The van der Waals surface area contributed by atoms with E-state index in [1.165, 1.54) is 12.3 Å². The number of fused-ring (bicyclic) bond motifs is 2. The van der Waals surface area contributed by atoms with Gasteiger partial charge < -0.3 is 4.98 Å². The molecule has 24 heavy (non-hydrogen) atoms. The molecule has 0 spiro atoms. The molecule has 5 heteroatoms. The molecule has 1 aromatic carbocycles. The van der Waals surface area contributed by atoms with Crippen LogP contribution < -0.4 is 5.56 Å². The van der Waals surface area contributed by atoms with Gasteiger partial charge in [-0.3, -0.25) is 19.4 Å². The van der Waals surface area contributed by atoms with Crippen molar-refractivity contribution >= 4 is 11.6 Å². The Bertz CT molecular complexity index is 1080. The van der Waals surface area contributed by atoms with E-state index in [0.717, 1.165) is 11.1 Å². The molecular formula is C19H12N2O3. The summed E-state index contributed by atoms with van der Waals surface area (Å²) >= 11 is 0. The van der Waals surface area contributed by atoms with Crippen LogP contribution in [0, 0.1) is 6.92 Å². The van der Waals surface area contributed by atoms with Crippen molar-refractivity contribution in [1.82, 2.24) is 9.97 Å². The molecule has 0 bridgehead atoms. The zero-order valence-corrected chi connectivity index (χ0v) is 12.8. The topological polar surface area (TPSA) is 79.9 Å². The van der Waals surface area contributed by atoms with Gasteiger partial charge >= 0.3 is 0 Å². The minimum absolute atomic E-state index is 0.00790. The molecule has 1 N–H and O–H groups in total. The number of nitrogens with one attached hydrogen (secondary N) is 1. The summed E-state index contributed by atoms with van der Waals surface area (Å²) in [5.41, 5.74) is 2.18. The molecule has 0 aliphatic heterocycles. The van der Waals surface area contributed by atoms with Crippen LogP contribution in [0.3, 0.4) is 0 Å². The molecule has 5 nitrogen and oxygen atoms in total. The third-order valence-electron chi connectivity index (χ3n) is 4.22. The van der Waals surface area contributed by atoms with E-state index in [9.17, 15) is 14.4 Å². The summed E-state index contributed by atoms with van der Waals surface area (Å²) in [5, 5.41) is 0. The van der Waals surface area contributed by atoms with Crippen LogP contribution in [0.5, 0.6) is 0 Å². The van der Waals surface area contributed by atoms with Gasteiger partial charge in [0.15, 0.2) is 5.78 Å². The second kappa shape index (κ2) is 5.09. The van der Waals surface area contributed by atoms with Gasteiger partial charge in [0, 0.05) is 11.8 Å². The van der Waals surface area contributed by atoms with Gasteiger partial charge in [0.25, 0.3) is 5.56 Å². The average Bonchev–Trinajstić information content (AvgIpc) is 2.60. The number of benzene rings is 1. The van der Waals surface area contributed by atoms with E-state index in [-0.39, 0.29) is 28.3 Å². The lowest BCUT2D eigenvalue weighted by molar-refractivity contribution is 0.0971. The predicted octanol–water partition coefficient (Wildman–Crippen LogP) is 2.52. The number of hydrogen-bond acceptors (Lipinski definition) is 4. The van der Waals surface area contributed by atoms with E-state index in [2.05, 4.69) is 9.97 Å². The van der Waals surface area contributed by atoms with E-state index >= 15 is 0 Å². The molecule has 1 aliphatic carbocycles. The Morgan fingerprint density at radius 2 is 1.58 bits per heavy atom. The van der Waals surface area contributed by atoms with Gasteiger partial charge in [-0.2, -0.15) is 0 Å². The molecule has 0 saturated heterocycles. The van der Waals surface area contributed by atoms with Crippen molar-refractivity contribution in [3.05, 3.63) is 87.1 Å². The first-order valence-electron chi connectivity index (χ1n) is 7.45. The molecule has 0 atom stereocenters. The largest absolute Gasteiger partial charge is 0.318 e. The summed E-state index contributed by atoms with van der Waals surface area (Å²) in [5.74, 6) is -0.743. The van der Waals surface area contributed by atoms with Crippen LogP contribution in [-0.2, 0) is 0 Å². The smallest absolute Gasteiger partial charge is 0.256 e. The molecule has 3 aromatic rings. The summed E-state index contributed by atoms with van der Waals surface area (Å²) in [4.78, 5) is 44.3. The summed E-state index contributed by atoms with van der Waals surface area (Å²) in [6, 6.07) is 12.1. The molecule has 116 valence electrons. The molecule has 1 aliphatic rings. The fraction of sp³-hybridized carbons (Fsp3) is 0.0526. The van der Waals surface area contributed by atoms with E-state index in [4.69, 9.17) is 0 Å². The molecule has 2 heterocycles. The maximum atomic E-state index is 12.7. The second-order valence-electron chi connectivity index (χ2n) is 5.67. The summed E-state index contributed by atoms with van der Waals surface area (Å²) in [6.07, 6.45) is 1.45. The second-order valence-corrected chi connectivity index (χ2v) is 5.67. The van der Waals surface area contributed by atoms with E-state index < -0.39 is 11.3 Å². The summed E-state index contributed by atoms with van der Waals surface area (Å²) in [6.45, 7) is 1.89. The molecule has 0 fully saturated rings. The van der Waals surface area contributed by atoms with Crippen LogP contribution >= 0.6 is 0 Å². The normalized spacial score (nSPS) is 12.7. The first-order chi connectivity index (χ1) is 11.6. The molecule has 2 aromatic heterocycles. The van der Waals surface area contributed by atoms with Crippen molar-refractivity contribution in [2.75, 3.05) is 0 Å². The van der Waals surface area contributed by atoms with E-state index in [1.807, 2.05) is 31.2 Å². The zero-order chi connectivity index (χ0) is 16.8. The van der Waals surface area contributed by atoms with Crippen molar-refractivity contribution in [3.8, 4) is 11.1 Å². The molecule has 0 radical (unpaired) electrons. The molecule has 4 rings (SSSR count). The average molecular weight is 316 g/mol. The third kappa shape index (κ3) is 1.95. The number of H-pyrrole nitrogens is 1. The van der Waals surface area contributed by atoms with Gasteiger partial charge in [0.1, 0.15) is 11.4 Å². The fourth-order valence-corrected chi connectivity index (χ4v) is 3.00. The molecule has 0 saturated carbocycles. The van der Waals surface area contributed by atoms with Gasteiger partial charge in [0.2, 0.25) is 5.78 Å². The number of carbonyl (C=O) groups excluding carboxylic acids is 2. The number of pyridine rings is 2. The highest BCUT2D eigenvalue weighted by Gasteiger charge is 2.32. The Morgan fingerprint density at radius 3 is 2.38 bits per heavy atom. The van der Waals surface area contributed by atoms with Gasteiger partial charge in [-0.25, -0.2) is 0 Å². The van der Waals surface area contributed by atoms with Crippen LogP contribution in [0.25, 0.3) is 11.1 Å². The van der Waals surface area contributed by atoms with Crippen LogP contribution in [0.2, 0.25) is 0 Å². The number of aromatic amines is 1. The first kappa shape index (κ1) is 14.3. The van der Waals surface area contributed by atoms with Crippen LogP contribution in [0.15, 0.2) is 53.5 Å². The molecule has 0 unspecified atom stereocenters. The Morgan fingerprint density at radius 1 is 0.833 bits per heavy atom. The van der Waals surface area contributed by atoms with Crippen molar-refractivity contribution in [2.24, 2.45) is 0 Å². The number of nitrogens with zero attached hydrogens (tertiary/aromatic N) is 1. The molecule has 0 amide bonds. The number of hydrogen-bond donors (Lipinski definition) is 1. The van der Waals surface area contributed by atoms with Crippen LogP contribution in [-0.4, -0.2) is 21.5 Å². The van der Waals surface area contributed by atoms with Gasteiger partial charge in [-0.1, -0.05) is 24.3 Å². The minimum Gasteiger partial charge on any atom is -0.318 e. The summed E-state index contributed by atoms with van der Waals surface area (Å²) < 4.78 is 0. The number of rotatable bonds is 1. The lowest BCUT2D eigenvalue weighted by Gasteiger charge is -2.17. The summed E-state index contributed by atoms with van der Waals surface area (Å²) in [7, 11) is 0. The van der Waals surface area contributed by atoms with Gasteiger partial charge in [-0.05, 0) is 36.2 Å². The Kier molecular flexibility index (Phi) is 3.03. The van der Waals surface area contributed by atoms with Crippen molar-refractivity contribution < 1.29 is 9.59 Å². The highest BCUT2D eigenvalue weighted by molar-refractivity contribution is 6.27. The zero-order valence-electron chi connectivity index (χ0n) is 12.8. The number of aryl methyl sites for hydroxylation is 1. The standard InChI is InChI=1S/C19H12N2O3/c1-10-5-2-3-6-11(10)13-9-14-16(21-19(13)24)18(23)15-12(17(14)22)7-4-8-20-15/h2-9H,1H3,(H,21,24). The van der Waals surface area contributed by atoms with E-state index in [1.54, 1.807) is 12.1 Å². The Hall–Kier alpha value is -3.34. The first-order valence-corrected chi connectivity index (χ1v) is 7.45. The highest BCUT2D eigenvalue weighted by atomic mass is 16.1. The third-order valence-corrected chi connectivity index (χ3v) is 4.22. The SMILES string of the molecule is Cc1ccccc1-c1cc2c([nH]c1=O)C(=O)c1ncccc1C2=O. The van der Waals surface area contributed by atoms with Crippen LogP contribution in [0.1, 0.15) is 37.7 Å². The lowest BCUT2D eigenvalue weighted by Crippen LogP contribution is -2.27. The lowest BCUT2D eigenvalue weighted by atomic mass is 9.88. The van der Waals surface area contributed by atoms with Crippen LogP contribution in [0.4, 0.5) is 0 Å². The van der Waals surface area contributed by atoms with Crippen molar-refractivity contribution in [2.45, 2.75) is 6.92 Å². The molecular weight excluding hydrogens is 304 g/mol.